The fraction of sp³-hybridized carbons (Fsp3) is 0.250. The number of benzene rings is 2. The lowest BCUT2D eigenvalue weighted by Crippen LogP contribution is -2.32. The molecule has 1 amide bonds. The van der Waals surface area contributed by atoms with Gasteiger partial charge in [-0.05, 0) is 23.3 Å². The van der Waals surface area contributed by atoms with Gasteiger partial charge in [-0.1, -0.05) is 54.6 Å². The van der Waals surface area contributed by atoms with Gasteiger partial charge in [0.15, 0.2) is 5.69 Å². The Bertz CT molecular complexity index is 1100. The molecule has 0 fully saturated rings. The van der Waals surface area contributed by atoms with Crippen molar-refractivity contribution in [3.05, 3.63) is 88.8 Å². The van der Waals surface area contributed by atoms with Gasteiger partial charge in [-0.15, -0.1) is 0 Å². The minimum absolute atomic E-state index is 0.256. The summed E-state index contributed by atoms with van der Waals surface area (Å²) in [7, 11) is 5.69. The zero-order valence-electron chi connectivity index (χ0n) is 17.5. The molecule has 1 aromatic heterocycles. The van der Waals surface area contributed by atoms with E-state index in [9.17, 15) is 4.79 Å². The molecule has 3 aromatic rings. The van der Waals surface area contributed by atoms with Crippen LogP contribution >= 0.6 is 0 Å². The summed E-state index contributed by atoms with van der Waals surface area (Å²) < 4.78 is 7.08. The lowest BCUT2D eigenvalue weighted by atomic mass is 9.68. The number of ether oxygens (including phenoxy) is 1. The molecule has 1 atom stereocenters. The van der Waals surface area contributed by atoms with Crippen LogP contribution in [0, 0.1) is 0 Å². The molecule has 0 saturated carbocycles. The van der Waals surface area contributed by atoms with Crippen molar-refractivity contribution in [2.24, 2.45) is 5.73 Å². The molecule has 6 nitrogen and oxygen atoms in total. The molecule has 1 aliphatic carbocycles. The van der Waals surface area contributed by atoms with Gasteiger partial charge in [-0.3, -0.25) is 4.79 Å². The van der Waals surface area contributed by atoms with Crippen LogP contribution in [0.1, 0.15) is 32.9 Å². The van der Waals surface area contributed by atoms with E-state index in [1.54, 1.807) is 11.8 Å². The van der Waals surface area contributed by atoms with Gasteiger partial charge in [0.05, 0.1) is 5.69 Å². The number of hydrogen-bond donors (Lipinski definition) is 1. The number of allylic oxidation sites excluding steroid dienone is 1. The highest BCUT2D eigenvalue weighted by atomic mass is 16.5. The zero-order valence-corrected chi connectivity index (χ0v) is 17.5. The summed E-state index contributed by atoms with van der Waals surface area (Å²) in [5, 5.41) is 4.44. The van der Waals surface area contributed by atoms with Gasteiger partial charge in [0.25, 0.3) is 5.91 Å². The number of rotatable bonds is 6. The van der Waals surface area contributed by atoms with Crippen LogP contribution in [-0.4, -0.2) is 36.9 Å². The number of carbonyl (C=O) groups is 1. The monoisotopic (exact) mass is 402 g/mol. The van der Waals surface area contributed by atoms with E-state index in [-0.39, 0.29) is 12.4 Å². The first-order valence-electron chi connectivity index (χ1n) is 9.87. The third-order valence-electron chi connectivity index (χ3n) is 5.73. The Hall–Kier alpha value is -3.38. The first kappa shape index (κ1) is 19.9. The fourth-order valence-electron chi connectivity index (χ4n) is 4.19. The zero-order chi connectivity index (χ0) is 21.3. The molecule has 2 N–H and O–H groups in total. The van der Waals surface area contributed by atoms with E-state index in [0.717, 1.165) is 16.9 Å². The minimum atomic E-state index is -0.535. The predicted octanol–water partition coefficient (Wildman–Crippen LogP) is 3.21. The highest BCUT2D eigenvalue weighted by Gasteiger charge is 2.38. The van der Waals surface area contributed by atoms with Gasteiger partial charge in [-0.2, -0.15) is 5.10 Å². The van der Waals surface area contributed by atoms with E-state index < -0.39 is 11.3 Å². The summed E-state index contributed by atoms with van der Waals surface area (Å²) >= 11 is 0. The Balaban J connectivity index is 1.94. The molecule has 0 saturated heterocycles. The molecule has 154 valence electrons. The summed E-state index contributed by atoms with van der Waals surface area (Å²) in [4.78, 5) is 14.1. The SMILES string of the molecule is COCn1nc(C(N)=O)c2c1CC(c1ccccc1)(c1cccc(N(C)C)c1)C=C2. The molecule has 30 heavy (non-hydrogen) atoms. The molecule has 4 rings (SSSR count). The molecule has 0 aliphatic heterocycles. The highest BCUT2D eigenvalue weighted by Crippen LogP contribution is 2.43. The molecule has 1 unspecified atom stereocenters. The van der Waals surface area contributed by atoms with E-state index in [2.05, 4.69) is 64.6 Å². The van der Waals surface area contributed by atoms with Gasteiger partial charge in [-0.25, -0.2) is 4.68 Å². The van der Waals surface area contributed by atoms with E-state index >= 15 is 0 Å². The number of carbonyl (C=O) groups excluding carboxylic acids is 1. The summed E-state index contributed by atoms with van der Waals surface area (Å²) in [5.74, 6) is -0.535. The Kier molecular flexibility index (Phi) is 5.18. The number of aromatic nitrogens is 2. The van der Waals surface area contributed by atoms with E-state index in [1.165, 1.54) is 11.1 Å². The van der Waals surface area contributed by atoms with E-state index in [1.807, 2.05) is 26.2 Å². The predicted molar refractivity (Wildman–Crippen MR) is 118 cm³/mol. The summed E-state index contributed by atoms with van der Waals surface area (Å²) in [6.45, 7) is 0.256. The van der Waals surface area contributed by atoms with Crippen molar-refractivity contribution in [1.82, 2.24) is 9.78 Å². The standard InChI is InChI=1S/C24H26N4O2/c1-27(2)19-11-7-10-18(14-19)24(17-8-5-4-6-9-17)13-12-20-21(15-24)28(16-30-3)26-22(20)23(25)29/h4-14H,15-16H2,1-3H3,(H2,25,29). The van der Waals surface area contributed by atoms with Gasteiger partial charge >= 0.3 is 0 Å². The summed E-state index contributed by atoms with van der Waals surface area (Å²) in [5.41, 5.74) is 10.7. The number of primary amides is 1. The Morgan fingerprint density at radius 3 is 2.57 bits per heavy atom. The number of nitrogens with zero attached hydrogens (tertiary/aromatic N) is 3. The minimum Gasteiger partial charge on any atom is -0.378 e. The van der Waals surface area contributed by atoms with Gasteiger partial charge in [0.2, 0.25) is 0 Å². The van der Waals surface area contributed by atoms with Gasteiger partial charge in [0.1, 0.15) is 6.73 Å². The molecular formula is C24H26N4O2. The van der Waals surface area contributed by atoms with Gasteiger partial charge in [0, 0.05) is 44.3 Å². The molecule has 1 heterocycles. The quantitative estimate of drug-likeness (QED) is 0.687. The molecule has 0 bridgehead atoms. The van der Waals surface area contributed by atoms with Crippen LogP contribution in [0.2, 0.25) is 0 Å². The largest absolute Gasteiger partial charge is 0.378 e. The summed E-state index contributed by atoms with van der Waals surface area (Å²) in [6, 6.07) is 19.0. The lowest BCUT2D eigenvalue weighted by molar-refractivity contribution is 0.0985. The van der Waals surface area contributed by atoms with E-state index in [4.69, 9.17) is 10.5 Å². The Morgan fingerprint density at radius 1 is 1.17 bits per heavy atom. The number of anilines is 1. The van der Waals surface area contributed by atoms with Crippen LogP contribution in [0.3, 0.4) is 0 Å². The molecule has 2 aromatic carbocycles. The molecule has 0 spiro atoms. The first-order chi connectivity index (χ1) is 14.5. The van der Waals surface area contributed by atoms with Crippen LogP contribution in [0.15, 0.2) is 60.7 Å². The molecule has 6 heteroatoms. The van der Waals surface area contributed by atoms with Crippen molar-refractivity contribution in [3.63, 3.8) is 0 Å². The molecule has 1 aliphatic rings. The number of methoxy groups -OCH3 is 1. The van der Waals surface area contributed by atoms with Crippen molar-refractivity contribution in [2.75, 3.05) is 26.1 Å². The van der Waals surface area contributed by atoms with Crippen LogP contribution < -0.4 is 10.6 Å². The second-order valence-electron chi connectivity index (χ2n) is 7.78. The number of amides is 1. The maximum absolute atomic E-state index is 12.0. The van der Waals surface area contributed by atoms with Crippen molar-refractivity contribution in [2.45, 2.75) is 18.6 Å². The van der Waals surface area contributed by atoms with E-state index in [0.29, 0.717) is 6.42 Å². The number of fused-ring (bicyclic) bond motifs is 1. The van der Waals surface area contributed by atoms with Crippen LogP contribution in [-0.2, 0) is 23.3 Å². The third kappa shape index (κ3) is 3.29. The van der Waals surface area contributed by atoms with Gasteiger partial charge < -0.3 is 15.4 Å². The Morgan fingerprint density at radius 2 is 1.90 bits per heavy atom. The maximum Gasteiger partial charge on any atom is 0.269 e. The summed E-state index contributed by atoms with van der Waals surface area (Å²) in [6.07, 6.45) is 4.79. The van der Waals surface area contributed by atoms with Crippen LogP contribution in [0.4, 0.5) is 5.69 Å². The van der Waals surface area contributed by atoms with Crippen LogP contribution in [0.5, 0.6) is 0 Å². The number of hydrogen-bond acceptors (Lipinski definition) is 4. The molecule has 0 radical (unpaired) electrons. The smallest absolute Gasteiger partial charge is 0.269 e. The topological polar surface area (TPSA) is 73.4 Å². The average Bonchev–Trinajstić information content (AvgIpc) is 3.12. The van der Waals surface area contributed by atoms with Crippen molar-refractivity contribution < 1.29 is 9.53 Å². The fourth-order valence-corrected chi connectivity index (χ4v) is 4.19. The lowest BCUT2D eigenvalue weighted by Gasteiger charge is -2.35. The van der Waals surface area contributed by atoms with Crippen molar-refractivity contribution in [3.8, 4) is 0 Å². The maximum atomic E-state index is 12.0. The van der Waals surface area contributed by atoms with Crippen LogP contribution in [0.25, 0.3) is 6.08 Å². The average molecular weight is 402 g/mol. The third-order valence-corrected chi connectivity index (χ3v) is 5.73. The number of nitrogens with two attached hydrogens (primary N) is 1. The molecular weight excluding hydrogens is 376 g/mol. The second kappa shape index (κ2) is 7.80. The highest BCUT2D eigenvalue weighted by molar-refractivity contribution is 5.95. The van der Waals surface area contributed by atoms with Crippen molar-refractivity contribution in [1.29, 1.82) is 0 Å². The second-order valence-corrected chi connectivity index (χ2v) is 7.78. The Labute approximate surface area is 176 Å². The van der Waals surface area contributed by atoms with Crippen molar-refractivity contribution >= 4 is 17.7 Å². The normalized spacial score (nSPS) is 17.6. The first-order valence-corrected chi connectivity index (χ1v) is 9.87.